The summed E-state index contributed by atoms with van der Waals surface area (Å²) in [6.45, 7) is 2.07. The summed E-state index contributed by atoms with van der Waals surface area (Å²) in [5.74, 6) is -0.0553. The summed E-state index contributed by atoms with van der Waals surface area (Å²) in [4.78, 5) is 17.5. The van der Waals surface area contributed by atoms with Crippen molar-refractivity contribution in [1.29, 1.82) is 0 Å². The van der Waals surface area contributed by atoms with Crippen LogP contribution in [-0.2, 0) is 0 Å². The number of aryl methyl sites for hydroxylation is 1. The number of carbonyl (C=O) groups is 1. The minimum absolute atomic E-state index is 0.0553. The summed E-state index contributed by atoms with van der Waals surface area (Å²) in [6.07, 6.45) is 0. The average Bonchev–Trinajstić information content (AvgIpc) is 2.68. The van der Waals surface area contributed by atoms with E-state index >= 15 is 0 Å². The lowest BCUT2D eigenvalue weighted by molar-refractivity contribution is 0.103. The molecule has 25 heavy (non-hydrogen) atoms. The maximum atomic E-state index is 12.9. The number of ketones is 1. The zero-order chi connectivity index (χ0) is 17.2. The Kier molecular flexibility index (Phi) is 3.87. The molecule has 0 unspecified atom stereocenters. The third-order valence-electron chi connectivity index (χ3n) is 4.32. The molecule has 3 aromatic carbocycles. The van der Waals surface area contributed by atoms with E-state index in [1.807, 2.05) is 66.7 Å². The van der Waals surface area contributed by atoms with Crippen LogP contribution >= 0.6 is 0 Å². The lowest BCUT2D eigenvalue weighted by Crippen LogP contribution is -2.05. The maximum Gasteiger partial charge on any atom is 0.211 e. The Morgan fingerprint density at radius 1 is 0.800 bits per heavy atom. The first-order chi connectivity index (χ1) is 12.2. The van der Waals surface area contributed by atoms with E-state index in [1.165, 1.54) is 5.56 Å². The fourth-order valence-electron chi connectivity index (χ4n) is 3.05. The Morgan fingerprint density at radius 3 is 2.20 bits per heavy atom. The van der Waals surface area contributed by atoms with Gasteiger partial charge in [-0.05, 0) is 36.2 Å². The fraction of sp³-hybridized carbons (Fsp3) is 0.0435. The Hall–Kier alpha value is -3.26. The first kappa shape index (κ1) is 15.3. The van der Waals surface area contributed by atoms with Crippen LogP contribution in [-0.4, -0.2) is 10.8 Å². The molecule has 2 nitrogen and oxygen atoms in total. The molecule has 4 rings (SSSR count). The fourth-order valence-corrected chi connectivity index (χ4v) is 3.05. The second kappa shape index (κ2) is 6.33. The van der Waals surface area contributed by atoms with E-state index in [9.17, 15) is 4.79 Å². The molecule has 0 spiro atoms. The number of hydrogen-bond acceptors (Lipinski definition) is 2. The Labute approximate surface area is 146 Å². The molecule has 4 aromatic rings. The molecule has 0 bridgehead atoms. The highest BCUT2D eigenvalue weighted by Gasteiger charge is 2.15. The number of rotatable bonds is 3. The largest absolute Gasteiger partial charge is 0.287 e. The van der Waals surface area contributed by atoms with Crippen LogP contribution in [0.5, 0.6) is 0 Å². The van der Waals surface area contributed by atoms with Gasteiger partial charge in [0.2, 0.25) is 5.78 Å². The second-order valence-electron chi connectivity index (χ2n) is 6.14. The number of benzene rings is 3. The van der Waals surface area contributed by atoms with Gasteiger partial charge in [-0.25, -0.2) is 4.98 Å². The third-order valence-corrected chi connectivity index (χ3v) is 4.32. The molecule has 0 N–H and O–H groups in total. The van der Waals surface area contributed by atoms with Gasteiger partial charge in [-0.15, -0.1) is 0 Å². The SMILES string of the molecule is Cc1ccc2nc(C(=O)c3ccccc3)cc(-c3ccccc3)c2c1. The van der Waals surface area contributed by atoms with Crippen molar-refractivity contribution in [2.75, 3.05) is 0 Å². The molecular weight excluding hydrogens is 306 g/mol. The summed E-state index contributed by atoms with van der Waals surface area (Å²) < 4.78 is 0. The molecule has 1 aromatic heterocycles. The second-order valence-corrected chi connectivity index (χ2v) is 6.14. The Balaban J connectivity index is 1.96. The van der Waals surface area contributed by atoms with Gasteiger partial charge in [-0.3, -0.25) is 4.79 Å². The summed E-state index contributed by atoms with van der Waals surface area (Å²) >= 11 is 0. The number of aromatic nitrogens is 1. The summed E-state index contributed by atoms with van der Waals surface area (Å²) in [7, 11) is 0. The van der Waals surface area contributed by atoms with Crippen molar-refractivity contribution >= 4 is 16.7 Å². The van der Waals surface area contributed by atoms with Crippen molar-refractivity contribution in [3.8, 4) is 11.1 Å². The number of carbonyl (C=O) groups excluding carboxylic acids is 1. The molecule has 1 heterocycles. The Morgan fingerprint density at radius 2 is 1.48 bits per heavy atom. The molecule has 2 heteroatoms. The summed E-state index contributed by atoms with van der Waals surface area (Å²) in [5, 5.41) is 1.07. The molecule has 0 fully saturated rings. The van der Waals surface area contributed by atoms with Crippen LogP contribution in [0.15, 0.2) is 84.9 Å². The summed E-state index contributed by atoms with van der Waals surface area (Å²) in [6, 6.07) is 27.5. The van der Waals surface area contributed by atoms with E-state index in [-0.39, 0.29) is 5.78 Å². The third kappa shape index (κ3) is 2.94. The average molecular weight is 323 g/mol. The van der Waals surface area contributed by atoms with Gasteiger partial charge >= 0.3 is 0 Å². The van der Waals surface area contributed by atoms with Crippen molar-refractivity contribution in [3.63, 3.8) is 0 Å². The zero-order valence-electron chi connectivity index (χ0n) is 13.9. The maximum absolute atomic E-state index is 12.9. The first-order valence-corrected chi connectivity index (χ1v) is 8.29. The predicted octanol–water partition coefficient (Wildman–Crippen LogP) is 5.44. The molecule has 0 saturated heterocycles. The standard InChI is InChI=1S/C23H17NO/c1-16-12-13-21-20(14-16)19(17-8-4-2-5-9-17)15-22(24-21)23(25)18-10-6-3-7-11-18/h2-15H,1H3. The smallest absolute Gasteiger partial charge is 0.211 e. The van der Waals surface area contributed by atoms with Gasteiger partial charge in [0.15, 0.2) is 0 Å². The Bertz CT molecular complexity index is 1050. The molecule has 0 saturated carbocycles. The lowest BCUT2D eigenvalue weighted by atomic mass is 9.97. The molecule has 0 radical (unpaired) electrons. The molecule has 0 atom stereocenters. The van der Waals surface area contributed by atoms with E-state index in [2.05, 4.69) is 30.1 Å². The van der Waals surface area contributed by atoms with E-state index in [1.54, 1.807) is 0 Å². The van der Waals surface area contributed by atoms with Crippen LogP contribution in [0.3, 0.4) is 0 Å². The number of pyridine rings is 1. The predicted molar refractivity (Wildman–Crippen MR) is 102 cm³/mol. The minimum atomic E-state index is -0.0553. The van der Waals surface area contributed by atoms with Gasteiger partial charge in [0.1, 0.15) is 5.69 Å². The van der Waals surface area contributed by atoms with Gasteiger partial charge in [-0.1, -0.05) is 72.3 Å². The van der Waals surface area contributed by atoms with Crippen molar-refractivity contribution < 1.29 is 4.79 Å². The first-order valence-electron chi connectivity index (χ1n) is 8.29. The normalized spacial score (nSPS) is 10.8. The van der Waals surface area contributed by atoms with Gasteiger partial charge in [-0.2, -0.15) is 0 Å². The molecule has 0 aliphatic rings. The molecule has 0 aliphatic heterocycles. The highest BCUT2D eigenvalue weighted by atomic mass is 16.1. The van der Waals surface area contributed by atoms with Gasteiger partial charge in [0.05, 0.1) is 5.52 Å². The van der Waals surface area contributed by atoms with Gasteiger partial charge in [0.25, 0.3) is 0 Å². The van der Waals surface area contributed by atoms with E-state index in [0.717, 1.165) is 22.0 Å². The van der Waals surface area contributed by atoms with Crippen LogP contribution in [0.1, 0.15) is 21.6 Å². The molecule has 0 aliphatic carbocycles. The van der Waals surface area contributed by atoms with Crippen LogP contribution in [0.2, 0.25) is 0 Å². The van der Waals surface area contributed by atoms with Crippen molar-refractivity contribution in [3.05, 3.63) is 102 Å². The van der Waals surface area contributed by atoms with E-state index < -0.39 is 0 Å². The molecule has 120 valence electrons. The van der Waals surface area contributed by atoms with E-state index in [0.29, 0.717) is 11.3 Å². The lowest BCUT2D eigenvalue weighted by Gasteiger charge is -2.10. The molecule has 0 amide bonds. The van der Waals surface area contributed by atoms with Crippen molar-refractivity contribution in [2.45, 2.75) is 6.92 Å². The van der Waals surface area contributed by atoms with Crippen molar-refractivity contribution in [1.82, 2.24) is 4.98 Å². The van der Waals surface area contributed by atoms with Gasteiger partial charge in [0, 0.05) is 10.9 Å². The monoisotopic (exact) mass is 323 g/mol. The number of fused-ring (bicyclic) bond motifs is 1. The van der Waals surface area contributed by atoms with Gasteiger partial charge < -0.3 is 0 Å². The molecular formula is C23H17NO. The summed E-state index contributed by atoms with van der Waals surface area (Å²) in [5.41, 5.74) is 5.26. The number of hydrogen-bond donors (Lipinski definition) is 0. The zero-order valence-corrected chi connectivity index (χ0v) is 13.9. The van der Waals surface area contributed by atoms with E-state index in [4.69, 9.17) is 0 Å². The van der Waals surface area contributed by atoms with Crippen LogP contribution in [0, 0.1) is 6.92 Å². The highest BCUT2D eigenvalue weighted by Crippen LogP contribution is 2.30. The van der Waals surface area contributed by atoms with Crippen LogP contribution in [0.25, 0.3) is 22.0 Å². The highest BCUT2D eigenvalue weighted by molar-refractivity contribution is 6.10. The van der Waals surface area contributed by atoms with Crippen LogP contribution in [0.4, 0.5) is 0 Å². The topological polar surface area (TPSA) is 30.0 Å². The van der Waals surface area contributed by atoms with Crippen molar-refractivity contribution in [2.24, 2.45) is 0 Å². The minimum Gasteiger partial charge on any atom is -0.287 e. The quantitative estimate of drug-likeness (QED) is 0.470. The number of nitrogens with zero attached hydrogens (tertiary/aromatic N) is 1. The van der Waals surface area contributed by atoms with Crippen LogP contribution < -0.4 is 0 Å².